The maximum Gasteiger partial charge on any atom is 0.165 e. The highest BCUT2D eigenvalue weighted by atomic mass is 19.1. The summed E-state index contributed by atoms with van der Waals surface area (Å²) in [5.74, 6) is 1.60. The number of nitrogens with zero attached hydrogens (tertiary/aromatic N) is 4. The largest absolute Gasteiger partial charge is 0.494 e. The normalized spacial score (nSPS) is 23.5. The molecule has 2 bridgehead atoms. The van der Waals surface area contributed by atoms with Gasteiger partial charge < -0.3 is 9.64 Å². The SMILES string of the molecule is COc1cc(CN2C[C@H]3CC[C@@H]2CN(c2cnccn2)C3)ccc1F. The lowest BCUT2D eigenvalue weighted by Crippen LogP contribution is -2.43. The first-order chi connectivity index (χ1) is 12.2. The maximum atomic E-state index is 13.6. The van der Waals surface area contributed by atoms with Crippen molar-refractivity contribution in [3.8, 4) is 5.75 Å². The second-order valence-electron chi connectivity index (χ2n) is 6.96. The van der Waals surface area contributed by atoms with Gasteiger partial charge in [-0.05, 0) is 36.5 Å². The summed E-state index contributed by atoms with van der Waals surface area (Å²) in [4.78, 5) is 13.6. The van der Waals surface area contributed by atoms with E-state index >= 15 is 0 Å². The van der Waals surface area contributed by atoms with E-state index in [0.29, 0.717) is 17.7 Å². The molecule has 4 heterocycles. The summed E-state index contributed by atoms with van der Waals surface area (Å²) in [6.45, 7) is 3.89. The van der Waals surface area contributed by atoms with Crippen LogP contribution in [0.3, 0.4) is 0 Å². The van der Waals surface area contributed by atoms with Gasteiger partial charge in [-0.25, -0.2) is 9.37 Å². The van der Waals surface area contributed by atoms with E-state index in [9.17, 15) is 4.39 Å². The van der Waals surface area contributed by atoms with Gasteiger partial charge in [-0.2, -0.15) is 0 Å². The van der Waals surface area contributed by atoms with Crippen molar-refractivity contribution >= 4 is 5.82 Å². The molecule has 2 atom stereocenters. The van der Waals surface area contributed by atoms with Crippen LogP contribution >= 0.6 is 0 Å². The smallest absolute Gasteiger partial charge is 0.165 e. The number of ether oxygens (including phenoxy) is 1. The number of halogens is 1. The van der Waals surface area contributed by atoms with E-state index in [1.54, 1.807) is 12.4 Å². The topological polar surface area (TPSA) is 41.5 Å². The minimum atomic E-state index is -0.308. The zero-order chi connectivity index (χ0) is 17.2. The summed E-state index contributed by atoms with van der Waals surface area (Å²) in [6.07, 6.45) is 7.76. The Morgan fingerprint density at radius 1 is 1.20 bits per heavy atom. The molecule has 3 fully saturated rings. The van der Waals surface area contributed by atoms with Crippen LogP contribution in [-0.4, -0.2) is 47.7 Å². The molecule has 3 aliphatic heterocycles. The molecule has 3 saturated heterocycles. The van der Waals surface area contributed by atoms with Crippen molar-refractivity contribution in [3.05, 3.63) is 48.2 Å². The molecule has 0 aliphatic carbocycles. The number of anilines is 1. The molecule has 0 unspecified atom stereocenters. The third kappa shape index (κ3) is 3.44. The molecule has 6 heteroatoms. The zero-order valence-electron chi connectivity index (χ0n) is 14.4. The molecule has 3 aliphatic rings. The molecule has 0 saturated carbocycles. The summed E-state index contributed by atoms with van der Waals surface area (Å²) in [6, 6.07) is 5.65. The highest BCUT2D eigenvalue weighted by Crippen LogP contribution is 2.31. The predicted molar refractivity (Wildman–Crippen MR) is 94.1 cm³/mol. The minimum absolute atomic E-state index is 0.308. The van der Waals surface area contributed by atoms with Gasteiger partial charge in [0.15, 0.2) is 11.6 Å². The van der Waals surface area contributed by atoms with Gasteiger partial charge in [0.1, 0.15) is 5.82 Å². The molecule has 1 aromatic heterocycles. The molecule has 5 rings (SSSR count). The van der Waals surface area contributed by atoms with Gasteiger partial charge in [-0.1, -0.05) is 6.07 Å². The van der Waals surface area contributed by atoms with E-state index in [1.807, 2.05) is 18.3 Å². The fraction of sp³-hybridized carbons (Fsp3) is 0.474. The molecular weight excluding hydrogens is 319 g/mol. The third-order valence-corrected chi connectivity index (χ3v) is 5.30. The third-order valence-electron chi connectivity index (χ3n) is 5.30. The second-order valence-corrected chi connectivity index (χ2v) is 6.96. The Kier molecular flexibility index (Phi) is 4.53. The fourth-order valence-corrected chi connectivity index (χ4v) is 4.05. The van der Waals surface area contributed by atoms with Crippen molar-refractivity contribution in [1.82, 2.24) is 14.9 Å². The highest BCUT2D eigenvalue weighted by molar-refractivity contribution is 5.36. The van der Waals surface area contributed by atoms with Gasteiger partial charge in [0, 0.05) is 44.6 Å². The lowest BCUT2D eigenvalue weighted by Gasteiger charge is -2.36. The molecule has 5 nitrogen and oxygen atoms in total. The van der Waals surface area contributed by atoms with Crippen molar-refractivity contribution in [1.29, 1.82) is 0 Å². The highest BCUT2D eigenvalue weighted by Gasteiger charge is 2.35. The summed E-state index contributed by atoms with van der Waals surface area (Å²) >= 11 is 0. The van der Waals surface area contributed by atoms with E-state index in [-0.39, 0.29) is 5.82 Å². The van der Waals surface area contributed by atoms with Crippen LogP contribution in [-0.2, 0) is 6.54 Å². The lowest BCUT2D eigenvalue weighted by atomic mass is 9.94. The molecule has 0 N–H and O–H groups in total. The number of benzene rings is 1. The van der Waals surface area contributed by atoms with E-state index < -0.39 is 0 Å². The van der Waals surface area contributed by atoms with E-state index in [2.05, 4.69) is 19.8 Å². The first-order valence-corrected chi connectivity index (χ1v) is 8.80. The van der Waals surface area contributed by atoms with Crippen molar-refractivity contribution < 1.29 is 9.13 Å². The Labute approximate surface area is 147 Å². The summed E-state index contributed by atoms with van der Waals surface area (Å²) in [5, 5.41) is 0. The van der Waals surface area contributed by atoms with Crippen molar-refractivity contribution in [3.63, 3.8) is 0 Å². The van der Waals surface area contributed by atoms with Crippen LogP contribution in [0.15, 0.2) is 36.8 Å². The van der Waals surface area contributed by atoms with Crippen LogP contribution in [0.4, 0.5) is 10.2 Å². The first kappa shape index (κ1) is 16.3. The van der Waals surface area contributed by atoms with Gasteiger partial charge in [0.05, 0.1) is 13.3 Å². The van der Waals surface area contributed by atoms with Crippen LogP contribution in [0.5, 0.6) is 5.75 Å². The number of rotatable bonds is 4. The average Bonchev–Trinajstić information content (AvgIpc) is 2.96. The molecule has 0 amide bonds. The van der Waals surface area contributed by atoms with Gasteiger partial charge in [-0.15, -0.1) is 0 Å². The summed E-state index contributed by atoms with van der Waals surface area (Å²) in [5.41, 5.74) is 1.09. The average molecular weight is 342 g/mol. The van der Waals surface area contributed by atoms with Gasteiger partial charge >= 0.3 is 0 Å². The van der Waals surface area contributed by atoms with Gasteiger partial charge in [0.2, 0.25) is 0 Å². The number of aromatic nitrogens is 2. The van der Waals surface area contributed by atoms with Crippen LogP contribution < -0.4 is 9.64 Å². The number of hydrogen-bond donors (Lipinski definition) is 0. The van der Waals surface area contributed by atoms with Crippen LogP contribution in [0.2, 0.25) is 0 Å². The number of piperidine rings is 1. The molecular formula is C19H23FN4O. The molecule has 0 radical (unpaired) electrons. The quantitative estimate of drug-likeness (QED) is 0.855. The van der Waals surface area contributed by atoms with Crippen LogP contribution in [0.25, 0.3) is 0 Å². The van der Waals surface area contributed by atoms with E-state index in [4.69, 9.17) is 4.74 Å². The van der Waals surface area contributed by atoms with Crippen LogP contribution in [0, 0.1) is 11.7 Å². The molecule has 132 valence electrons. The maximum absolute atomic E-state index is 13.6. The Morgan fingerprint density at radius 3 is 2.92 bits per heavy atom. The van der Waals surface area contributed by atoms with E-state index in [1.165, 1.54) is 26.0 Å². The number of hydrogen-bond acceptors (Lipinski definition) is 5. The zero-order valence-corrected chi connectivity index (χ0v) is 14.4. The standard InChI is InChI=1S/C19H23FN4O/c1-25-18-8-14(3-5-17(18)20)10-23-11-15-2-4-16(23)13-24(12-15)19-9-21-6-7-22-19/h3,5-9,15-16H,2,4,10-13H2,1H3/t15-,16-/m1/s1. The Morgan fingerprint density at radius 2 is 2.12 bits per heavy atom. The van der Waals surface area contributed by atoms with Gasteiger partial charge in [-0.3, -0.25) is 9.88 Å². The number of methoxy groups -OCH3 is 1. The Bertz CT molecular complexity index is 727. The summed E-state index contributed by atoms with van der Waals surface area (Å²) in [7, 11) is 1.51. The molecule has 0 spiro atoms. The van der Waals surface area contributed by atoms with Crippen molar-refractivity contribution in [2.75, 3.05) is 31.6 Å². The predicted octanol–water partition coefficient (Wildman–Crippen LogP) is 2.73. The van der Waals surface area contributed by atoms with Crippen molar-refractivity contribution in [2.45, 2.75) is 25.4 Å². The Balaban J connectivity index is 1.51. The second kappa shape index (κ2) is 6.96. The monoisotopic (exact) mass is 342 g/mol. The minimum Gasteiger partial charge on any atom is -0.494 e. The van der Waals surface area contributed by atoms with E-state index in [0.717, 1.165) is 37.6 Å². The van der Waals surface area contributed by atoms with Crippen molar-refractivity contribution in [2.24, 2.45) is 5.92 Å². The lowest BCUT2D eigenvalue weighted by molar-refractivity contribution is 0.126. The molecule has 2 aromatic rings. The summed E-state index contributed by atoms with van der Waals surface area (Å²) < 4.78 is 18.8. The molecule has 25 heavy (non-hydrogen) atoms. The fourth-order valence-electron chi connectivity index (χ4n) is 4.05. The van der Waals surface area contributed by atoms with Gasteiger partial charge in [0.25, 0.3) is 0 Å². The van der Waals surface area contributed by atoms with Crippen LogP contribution in [0.1, 0.15) is 18.4 Å². The Hall–Kier alpha value is -2.21. The molecule has 1 aromatic carbocycles. The first-order valence-electron chi connectivity index (χ1n) is 8.80. The number of fused-ring (bicyclic) bond motifs is 4.